The quantitative estimate of drug-likeness (QED) is 0.710. The van der Waals surface area contributed by atoms with Gasteiger partial charge in [-0.05, 0) is 23.0 Å². The maximum absolute atomic E-state index is 13.5. The topological polar surface area (TPSA) is 43.7 Å². The predicted octanol–water partition coefficient (Wildman–Crippen LogP) is 3.85. The lowest BCUT2D eigenvalue weighted by molar-refractivity contribution is 0.0365. The third kappa shape index (κ3) is 3.05. The Labute approximate surface area is 167 Å². The second-order valence-corrected chi connectivity index (χ2v) is 9.31. The van der Waals surface area contributed by atoms with Crippen LogP contribution in [0, 0.1) is 16.7 Å². The lowest BCUT2D eigenvalue weighted by atomic mass is 10.0. The Morgan fingerprint density at radius 2 is 1.82 bits per heavy atom. The van der Waals surface area contributed by atoms with Crippen molar-refractivity contribution in [2.75, 3.05) is 40.0 Å². The molecule has 1 aromatic heterocycles. The van der Waals surface area contributed by atoms with Crippen molar-refractivity contribution >= 4 is 16.7 Å². The van der Waals surface area contributed by atoms with Crippen LogP contribution in [0.15, 0.2) is 24.4 Å². The lowest BCUT2D eigenvalue weighted by Crippen LogP contribution is -2.38. The third-order valence-electron chi connectivity index (χ3n) is 7.40. The molecule has 1 aromatic carbocycles. The Hall–Kier alpha value is -1.85. The monoisotopic (exact) mass is 384 g/mol. The number of aromatic nitrogens is 1. The highest BCUT2D eigenvalue weighted by atomic mass is 16.5. The molecule has 1 saturated carbocycles. The van der Waals surface area contributed by atoms with E-state index in [0.717, 1.165) is 61.6 Å². The zero-order chi connectivity index (χ0) is 20.1. The molecule has 4 rings (SSSR count). The molecule has 0 spiro atoms. The SMILES string of the molecule is COc1ccc2c(C(=O)C3C(C)(C)C3(C)C)cn(CCN3CCOCC3)c2c1. The fourth-order valence-electron chi connectivity index (χ4n) is 4.86. The molecule has 1 aliphatic heterocycles. The number of rotatable bonds is 6. The van der Waals surface area contributed by atoms with Gasteiger partial charge >= 0.3 is 0 Å². The van der Waals surface area contributed by atoms with E-state index in [-0.39, 0.29) is 22.5 Å². The molecule has 2 aliphatic rings. The molecule has 1 saturated heterocycles. The van der Waals surface area contributed by atoms with Gasteiger partial charge in [0.2, 0.25) is 0 Å². The van der Waals surface area contributed by atoms with Crippen LogP contribution in [0.25, 0.3) is 10.9 Å². The van der Waals surface area contributed by atoms with Gasteiger partial charge in [0.15, 0.2) is 5.78 Å². The smallest absolute Gasteiger partial charge is 0.169 e. The van der Waals surface area contributed by atoms with Crippen molar-refractivity contribution in [3.63, 3.8) is 0 Å². The number of nitrogens with zero attached hydrogens (tertiary/aromatic N) is 2. The molecule has 5 heteroatoms. The highest BCUT2D eigenvalue weighted by molar-refractivity contribution is 6.11. The minimum atomic E-state index is 0.0405. The minimum absolute atomic E-state index is 0.0405. The van der Waals surface area contributed by atoms with E-state index >= 15 is 0 Å². The first-order valence-corrected chi connectivity index (χ1v) is 10.3. The van der Waals surface area contributed by atoms with Gasteiger partial charge in [-0.25, -0.2) is 0 Å². The summed E-state index contributed by atoms with van der Waals surface area (Å²) in [5, 5.41) is 1.03. The van der Waals surface area contributed by atoms with Crippen molar-refractivity contribution in [2.45, 2.75) is 34.2 Å². The summed E-state index contributed by atoms with van der Waals surface area (Å²) in [5.41, 5.74) is 2.01. The first-order valence-electron chi connectivity index (χ1n) is 10.3. The number of benzene rings is 1. The van der Waals surface area contributed by atoms with Crippen molar-refractivity contribution in [3.8, 4) is 5.75 Å². The molecule has 0 amide bonds. The Morgan fingerprint density at radius 1 is 1.14 bits per heavy atom. The number of ether oxygens (including phenoxy) is 2. The number of carbonyl (C=O) groups is 1. The van der Waals surface area contributed by atoms with Gasteiger partial charge < -0.3 is 14.0 Å². The first kappa shape index (κ1) is 19.5. The number of morpholine rings is 1. The summed E-state index contributed by atoms with van der Waals surface area (Å²) in [6, 6.07) is 6.04. The fraction of sp³-hybridized carbons (Fsp3) is 0.609. The van der Waals surface area contributed by atoms with E-state index in [1.165, 1.54) is 0 Å². The Bertz CT molecular complexity index is 877. The summed E-state index contributed by atoms with van der Waals surface area (Å²) in [7, 11) is 1.68. The van der Waals surface area contributed by atoms with Gasteiger partial charge in [-0.3, -0.25) is 9.69 Å². The van der Waals surface area contributed by atoms with Gasteiger partial charge in [0, 0.05) is 55.3 Å². The number of ketones is 1. The van der Waals surface area contributed by atoms with E-state index in [1.54, 1.807) is 7.11 Å². The molecular weight excluding hydrogens is 352 g/mol. The van der Waals surface area contributed by atoms with E-state index in [4.69, 9.17) is 9.47 Å². The second-order valence-electron chi connectivity index (χ2n) is 9.31. The normalized spacial score (nSPS) is 21.8. The van der Waals surface area contributed by atoms with E-state index < -0.39 is 0 Å². The van der Waals surface area contributed by atoms with Crippen LogP contribution < -0.4 is 4.74 Å². The summed E-state index contributed by atoms with van der Waals surface area (Å²) in [6.45, 7) is 14.2. The molecular formula is C23H32N2O3. The molecule has 0 atom stereocenters. The Kier molecular flexibility index (Phi) is 4.79. The molecule has 0 radical (unpaired) electrons. The number of Topliss-reactive ketones (excluding diaryl/α,β-unsaturated/α-hetero) is 1. The summed E-state index contributed by atoms with van der Waals surface area (Å²) in [4.78, 5) is 15.9. The third-order valence-corrected chi connectivity index (χ3v) is 7.40. The predicted molar refractivity (Wildman–Crippen MR) is 111 cm³/mol. The zero-order valence-electron chi connectivity index (χ0n) is 17.7. The fourth-order valence-corrected chi connectivity index (χ4v) is 4.86. The standard InChI is InChI=1S/C23H32N2O3/c1-22(2)21(23(22,3)4)20(26)18-15-25(9-8-24-10-12-28-13-11-24)19-14-16(27-5)6-7-17(18)19/h6-7,14-15,21H,8-13H2,1-5H3. The van der Waals surface area contributed by atoms with Gasteiger partial charge in [0.05, 0.1) is 25.8 Å². The molecule has 0 unspecified atom stereocenters. The maximum Gasteiger partial charge on any atom is 0.169 e. The van der Waals surface area contributed by atoms with Crippen LogP contribution in [0.3, 0.4) is 0 Å². The van der Waals surface area contributed by atoms with Crippen LogP contribution in [-0.2, 0) is 11.3 Å². The van der Waals surface area contributed by atoms with E-state index in [9.17, 15) is 4.79 Å². The highest BCUT2D eigenvalue weighted by Crippen LogP contribution is 2.69. The number of methoxy groups -OCH3 is 1. The molecule has 28 heavy (non-hydrogen) atoms. The van der Waals surface area contributed by atoms with Crippen molar-refractivity contribution in [3.05, 3.63) is 30.0 Å². The highest BCUT2D eigenvalue weighted by Gasteiger charge is 2.68. The van der Waals surface area contributed by atoms with E-state index in [1.807, 2.05) is 12.1 Å². The summed E-state index contributed by atoms with van der Waals surface area (Å²) < 4.78 is 13.1. The van der Waals surface area contributed by atoms with Gasteiger partial charge in [-0.15, -0.1) is 0 Å². The van der Waals surface area contributed by atoms with Crippen molar-refractivity contribution in [1.29, 1.82) is 0 Å². The number of hydrogen-bond acceptors (Lipinski definition) is 4. The molecule has 1 aliphatic carbocycles. The largest absolute Gasteiger partial charge is 0.497 e. The van der Waals surface area contributed by atoms with Crippen molar-refractivity contribution in [1.82, 2.24) is 9.47 Å². The first-order chi connectivity index (χ1) is 13.3. The van der Waals surface area contributed by atoms with Gasteiger partial charge in [0.1, 0.15) is 5.75 Å². The summed E-state index contributed by atoms with van der Waals surface area (Å²) >= 11 is 0. The molecule has 2 fully saturated rings. The number of hydrogen-bond donors (Lipinski definition) is 0. The molecule has 152 valence electrons. The van der Waals surface area contributed by atoms with Crippen molar-refractivity contribution < 1.29 is 14.3 Å². The second kappa shape index (κ2) is 6.89. The van der Waals surface area contributed by atoms with Gasteiger partial charge in [-0.1, -0.05) is 27.7 Å². The van der Waals surface area contributed by atoms with E-state index in [0.29, 0.717) is 0 Å². The van der Waals surface area contributed by atoms with Crippen LogP contribution in [0.1, 0.15) is 38.1 Å². The van der Waals surface area contributed by atoms with E-state index in [2.05, 4.69) is 49.4 Å². The van der Waals surface area contributed by atoms with Crippen LogP contribution in [0.4, 0.5) is 0 Å². The van der Waals surface area contributed by atoms with Crippen LogP contribution in [0.5, 0.6) is 5.75 Å². The Morgan fingerprint density at radius 3 is 2.43 bits per heavy atom. The number of carbonyl (C=O) groups excluding carboxylic acids is 1. The van der Waals surface area contributed by atoms with Crippen LogP contribution in [-0.4, -0.2) is 55.2 Å². The summed E-state index contributed by atoms with van der Waals surface area (Å²) in [5.74, 6) is 1.17. The number of fused-ring (bicyclic) bond motifs is 1. The zero-order valence-corrected chi connectivity index (χ0v) is 17.7. The van der Waals surface area contributed by atoms with Crippen LogP contribution >= 0.6 is 0 Å². The van der Waals surface area contributed by atoms with Crippen LogP contribution in [0.2, 0.25) is 0 Å². The van der Waals surface area contributed by atoms with Gasteiger partial charge in [0.25, 0.3) is 0 Å². The van der Waals surface area contributed by atoms with Gasteiger partial charge in [-0.2, -0.15) is 0 Å². The maximum atomic E-state index is 13.5. The minimum Gasteiger partial charge on any atom is -0.497 e. The average molecular weight is 385 g/mol. The molecule has 2 heterocycles. The summed E-state index contributed by atoms with van der Waals surface area (Å²) in [6.07, 6.45) is 2.07. The average Bonchev–Trinajstić information content (AvgIpc) is 2.95. The molecule has 0 bridgehead atoms. The van der Waals surface area contributed by atoms with Crippen molar-refractivity contribution in [2.24, 2.45) is 16.7 Å². The molecule has 2 aromatic rings. The molecule has 5 nitrogen and oxygen atoms in total. The lowest BCUT2D eigenvalue weighted by Gasteiger charge is -2.26. The Balaban J connectivity index is 1.66. The molecule has 0 N–H and O–H groups in total.